The van der Waals surface area contributed by atoms with Gasteiger partial charge in [0.15, 0.2) is 8.07 Å². The Bertz CT molecular complexity index is 1510. The lowest BCUT2D eigenvalue weighted by atomic mass is 10.00. The van der Waals surface area contributed by atoms with E-state index >= 15 is 0 Å². The highest BCUT2D eigenvalue weighted by Crippen LogP contribution is 2.37. The van der Waals surface area contributed by atoms with E-state index in [1.54, 1.807) is 54.5 Å². The number of hydrogen-bond acceptors (Lipinski definition) is 0. The zero-order chi connectivity index (χ0) is 45.8. The zero-order valence-corrected chi connectivity index (χ0v) is 44.5. The molecule has 0 heterocycles. The van der Waals surface area contributed by atoms with E-state index in [4.69, 9.17) is 0 Å². The van der Waals surface area contributed by atoms with Crippen LogP contribution in [-0.2, 0) is 38.5 Å². The van der Waals surface area contributed by atoms with E-state index in [0.717, 1.165) is 0 Å². The first-order valence-corrected chi connectivity index (χ1v) is 30.2. The summed E-state index contributed by atoms with van der Waals surface area (Å²) in [5.41, 5.74) is 11.6. The van der Waals surface area contributed by atoms with Crippen LogP contribution in [0.25, 0.3) is 0 Å². The Morgan fingerprint density at radius 1 is 0.359 bits per heavy atom. The molecule has 1 heteroatoms. The van der Waals surface area contributed by atoms with Crippen LogP contribution in [0.4, 0.5) is 0 Å². The fraction of sp³-hybridized carbons (Fsp3) is 0.651. The molecule has 0 radical (unpaired) electrons. The summed E-state index contributed by atoms with van der Waals surface area (Å²) in [6, 6.07) is 24.8. The van der Waals surface area contributed by atoms with Gasteiger partial charge in [-0.3, -0.25) is 0 Å². The molecule has 2 unspecified atom stereocenters. The zero-order valence-electron chi connectivity index (χ0n) is 43.5. The summed E-state index contributed by atoms with van der Waals surface area (Å²) in [6.45, 7) is 19.0. The van der Waals surface area contributed by atoms with Crippen molar-refractivity contribution in [1.82, 2.24) is 0 Å². The molecule has 0 aliphatic heterocycles. The number of hydrogen-bond donors (Lipinski definition) is 0. The average molecular weight is 886 g/mol. The van der Waals surface area contributed by atoms with Crippen LogP contribution in [0.3, 0.4) is 0 Å². The highest BCUT2D eigenvalue weighted by atomic mass is 28.3. The maximum absolute atomic E-state index is 2.82. The smallest absolute Gasteiger partial charge is 0.0790 e. The Morgan fingerprint density at radius 3 is 0.859 bits per heavy atom. The molecule has 0 N–H and O–H groups in total. The molecular weight excluding hydrogens is 785 g/mol. The monoisotopic (exact) mass is 885 g/mol. The molecule has 2 atom stereocenters. The SMILES string of the molecule is CCCCCCc1cc(CCCCCC)cc([Si](c2cc(CCCCCC)cc(CCCCCC)c2)(c2cc(CCCCCC)cc(CCCCCC)c2)C2C=CC(C(C)CC)=C2)c1. The van der Waals surface area contributed by atoms with Gasteiger partial charge in [0, 0.05) is 5.54 Å². The molecule has 0 saturated heterocycles. The molecule has 0 amide bonds. The summed E-state index contributed by atoms with van der Waals surface area (Å²) in [5.74, 6) is 0.574. The molecule has 3 aromatic carbocycles. The molecule has 0 fully saturated rings. The maximum Gasteiger partial charge on any atom is 0.158 e. The van der Waals surface area contributed by atoms with Crippen molar-refractivity contribution in [2.24, 2.45) is 5.92 Å². The second-order valence-corrected chi connectivity index (χ2v) is 24.7. The molecule has 356 valence electrons. The maximum atomic E-state index is 2.82. The van der Waals surface area contributed by atoms with Crippen molar-refractivity contribution in [2.45, 2.75) is 260 Å². The van der Waals surface area contributed by atoms with Crippen LogP contribution in [0.5, 0.6) is 0 Å². The third-order valence-corrected chi connectivity index (χ3v) is 19.9. The van der Waals surface area contributed by atoms with Gasteiger partial charge in [0.1, 0.15) is 0 Å². The number of allylic oxidation sites excluding steroid dienone is 4. The molecule has 1 aliphatic rings. The quantitative estimate of drug-likeness (QED) is 0.0310. The highest BCUT2D eigenvalue weighted by molar-refractivity contribution is 7.13. The van der Waals surface area contributed by atoms with Crippen LogP contribution in [0.15, 0.2) is 78.4 Å². The lowest BCUT2D eigenvalue weighted by Gasteiger charge is -2.39. The van der Waals surface area contributed by atoms with Crippen LogP contribution in [-0.4, -0.2) is 8.07 Å². The van der Waals surface area contributed by atoms with Gasteiger partial charge >= 0.3 is 0 Å². The van der Waals surface area contributed by atoms with Gasteiger partial charge in [-0.1, -0.05) is 244 Å². The van der Waals surface area contributed by atoms with Crippen LogP contribution in [0.2, 0.25) is 5.54 Å². The van der Waals surface area contributed by atoms with Crippen molar-refractivity contribution in [1.29, 1.82) is 0 Å². The minimum absolute atomic E-state index is 0.381. The normalized spacial score (nSPS) is 14.4. The summed E-state index contributed by atoms with van der Waals surface area (Å²) in [5, 5.41) is 5.09. The van der Waals surface area contributed by atoms with E-state index in [2.05, 4.69) is 128 Å². The first kappa shape index (κ1) is 54.0. The van der Waals surface area contributed by atoms with E-state index in [0.29, 0.717) is 11.5 Å². The summed E-state index contributed by atoms with van der Waals surface area (Å²) in [6.07, 6.45) is 48.2. The van der Waals surface area contributed by atoms with Gasteiger partial charge in [-0.05, 0) is 144 Å². The van der Waals surface area contributed by atoms with Gasteiger partial charge in [0.05, 0.1) is 0 Å². The Labute approximate surface area is 399 Å². The molecule has 4 rings (SSSR count). The Hall–Kier alpha value is -2.64. The summed E-state index contributed by atoms with van der Waals surface area (Å²) in [4.78, 5) is 0. The van der Waals surface area contributed by atoms with Crippen molar-refractivity contribution >= 4 is 23.6 Å². The third kappa shape index (κ3) is 17.2. The second kappa shape index (κ2) is 31.4. The fourth-order valence-electron chi connectivity index (χ4n) is 10.8. The van der Waals surface area contributed by atoms with E-state index in [1.807, 2.05) is 0 Å². The largest absolute Gasteiger partial charge is 0.158 e. The second-order valence-electron chi connectivity index (χ2n) is 20.6. The molecule has 0 spiro atoms. The molecule has 64 heavy (non-hydrogen) atoms. The lowest BCUT2D eigenvalue weighted by molar-refractivity contribution is 0.661. The summed E-state index contributed by atoms with van der Waals surface area (Å²) >= 11 is 0. The van der Waals surface area contributed by atoms with Gasteiger partial charge < -0.3 is 0 Å². The standard InChI is InChI=1S/C63H100Si/c1-9-16-22-28-34-53-42-54(35-29-23-17-10-2)46-61(45-53)64(60-41-40-59(51-60)52(8)15-7,62-47-55(36-30-24-18-11-3)43-56(48-62)37-31-25-19-12-4)63-49-57(38-32-26-20-13-5)44-58(50-63)39-33-27-21-14-6/h40-52,60H,9-39H2,1-8H3. The average Bonchev–Trinajstić information content (AvgIpc) is 3.80. The van der Waals surface area contributed by atoms with Crippen LogP contribution >= 0.6 is 0 Å². The molecule has 0 bridgehead atoms. The van der Waals surface area contributed by atoms with E-state index in [-0.39, 0.29) is 0 Å². The molecule has 1 aliphatic carbocycles. The topological polar surface area (TPSA) is 0 Å². The predicted octanol–water partition coefficient (Wildman–Crippen LogP) is 17.8. The predicted molar refractivity (Wildman–Crippen MR) is 291 cm³/mol. The van der Waals surface area contributed by atoms with Crippen LogP contribution in [0, 0.1) is 5.92 Å². The van der Waals surface area contributed by atoms with Gasteiger partial charge in [-0.2, -0.15) is 0 Å². The number of unbranched alkanes of at least 4 members (excludes halogenated alkanes) is 18. The number of rotatable bonds is 36. The molecule has 3 aromatic rings. The molecule has 0 saturated carbocycles. The molecular formula is C63H100Si. The molecule has 0 nitrogen and oxygen atoms in total. The van der Waals surface area contributed by atoms with E-state index < -0.39 is 8.07 Å². The van der Waals surface area contributed by atoms with Gasteiger partial charge in [0.2, 0.25) is 0 Å². The van der Waals surface area contributed by atoms with Gasteiger partial charge in [-0.15, -0.1) is 0 Å². The minimum Gasteiger partial charge on any atom is -0.0790 e. The molecule has 0 aromatic heterocycles. The third-order valence-electron chi connectivity index (χ3n) is 15.0. The van der Waals surface area contributed by atoms with E-state index in [1.165, 1.54) is 199 Å². The highest BCUT2D eigenvalue weighted by Gasteiger charge is 2.47. The van der Waals surface area contributed by atoms with Crippen molar-refractivity contribution in [2.75, 3.05) is 0 Å². The van der Waals surface area contributed by atoms with Crippen molar-refractivity contribution < 1.29 is 0 Å². The van der Waals surface area contributed by atoms with Crippen molar-refractivity contribution in [3.63, 3.8) is 0 Å². The summed E-state index contributed by atoms with van der Waals surface area (Å²) < 4.78 is 0. The van der Waals surface area contributed by atoms with Crippen molar-refractivity contribution in [3.8, 4) is 0 Å². The number of benzene rings is 3. The van der Waals surface area contributed by atoms with Gasteiger partial charge in [-0.25, -0.2) is 0 Å². The van der Waals surface area contributed by atoms with Crippen molar-refractivity contribution in [3.05, 3.63) is 112 Å². The van der Waals surface area contributed by atoms with E-state index in [9.17, 15) is 0 Å². The fourth-order valence-corrected chi connectivity index (χ4v) is 16.3. The van der Waals surface area contributed by atoms with Gasteiger partial charge in [0.25, 0.3) is 0 Å². The first-order valence-electron chi connectivity index (χ1n) is 28.2. The number of aryl methyl sites for hydroxylation is 6. The summed E-state index contributed by atoms with van der Waals surface area (Å²) in [7, 11) is -2.77. The van der Waals surface area contributed by atoms with Crippen LogP contribution < -0.4 is 15.6 Å². The Morgan fingerprint density at radius 2 is 0.625 bits per heavy atom. The Balaban J connectivity index is 2.14. The van der Waals surface area contributed by atoms with Crippen LogP contribution in [0.1, 0.15) is 249 Å². The minimum atomic E-state index is -2.77. The first-order chi connectivity index (χ1) is 31.4. The Kier molecular flexibility index (Phi) is 26.4. The lowest BCUT2D eigenvalue weighted by Crippen LogP contribution is -2.69.